The Morgan fingerprint density at radius 1 is 1.25 bits per heavy atom. The molecule has 1 rings (SSSR count). The van der Waals surface area contributed by atoms with Gasteiger partial charge in [0.15, 0.2) is 0 Å². The van der Waals surface area contributed by atoms with Crippen molar-refractivity contribution in [2.24, 2.45) is 12.0 Å². The van der Waals surface area contributed by atoms with Crippen LogP contribution in [-0.2, 0) is 7.05 Å². The minimum atomic E-state index is -0.000880. The number of aromatic nitrogens is 1. The second kappa shape index (κ2) is 3.13. The summed E-state index contributed by atoms with van der Waals surface area (Å²) in [5.74, 6) is 0. The molecule has 12 heavy (non-hydrogen) atoms. The molecule has 0 aliphatic rings. The molecule has 1 aromatic heterocycles. The Morgan fingerprint density at radius 3 is 2.42 bits per heavy atom. The molecule has 0 aromatic carbocycles. The van der Waals surface area contributed by atoms with E-state index in [9.17, 15) is 0 Å². The highest BCUT2D eigenvalue weighted by Crippen LogP contribution is 2.03. The Kier molecular flexibility index (Phi) is 2.36. The summed E-state index contributed by atoms with van der Waals surface area (Å²) in [6.07, 6.45) is 2.00. The Hall–Kier alpha value is -1.05. The van der Waals surface area contributed by atoms with Crippen LogP contribution in [0.1, 0.15) is 20.8 Å². The normalized spacial score (nSPS) is 13.5. The minimum absolute atomic E-state index is 0.000880. The monoisotopic (exact) mass is 164 g/mol. The van der Waals surface area contributed by atoms with Crippen molar-refractivity contribution in [2.45, 2.75) is 26.3 Å². The van der Waals surface area contributed by atoms with Gasteiger partial charge in [-0.15, -0.1) is 0 Å². The molecule has 66 valence electrons. The van der Waals surface area contributed by atoms with Crippen LogP contribution in [0.4, 0.5) is 0 Å². The number of rotatable bonds is 0. The first-order valence-corrected chi connectivity index (χ1v) is 4.16. The van der Waals surface area contributed by atoms with Gasteiger partial charge in [-0.3, -0.25) is 4.99 Å². The first-order valence-electron chi connectivity index (χ1n) is 4.16. The van der Waals surface area contributed by atoms with E-state index in [1.54, 1.807) is 0 Å². The lowest BCUT2D eigenvalue weighted by Gasteiger charge is -2.11. The maximum absolute atomic E-state index is 4.55. The van der Waals surface area contributed by atoms with Gasteiger partial charge in [-0.05, 0) is 32.9 Å². The van der Waals surface area contributed by atoms with E-state index in [1.807, 2.05) is 36.0 Å². The van der Waals surface area contributed by atoms with Crippen molar-refractivity contribution in [3.63, 3.8) is 0 Å². The smallest absolute Gasteiger partial charge is 0.127 e. The number of aryl methyl sites for hydroxylation is 1. The fraction of sp³-hybridized carbons (Fsp3) is 0.500. The van der Waals surface area contributed by atoms with Crippen molar-refractivity contribution in [2.75, 3.05) is 0 Å². The second-order valence-corrected chi connectivity index (χ2v) is 3.95. The van der Waals surface area contributed by atoms with E-state index in [1.165, 1.54) is 0 Å². The number of nitrogens with zero attached hydrogens (tertiary/aromatic N) is 2. The van der Waals surface area contributed by atoms with Crippen molar-refractivity contribution in [3.05, 3.63) is 29.9 Å². The molecule has 0 spiro atoms. The molecule has 1 aromatic rings. The van der Waals surface area contributed by atoms with E-state index in [0.29, 0.717) is 0 Å². The van der Waals surface area contributed by atoms with Crippen LogP contribution in [0.5, 0.6) is 0 Å². The predicted molar refractivity (Wildman–Crippen MR) is 50.7 cm³/mol. The van der Waals surface area contributed by atoms with E-state index in [-0.39, 0.29) is 5.54 Å². The van der Waals surface area contributed by atoms with E-state index < -0.39 is 0 Å². The summed E-state index contributed by atoms with van der Waals surface area (Å²) in [4.78, 5) is 4.55. The molecule has 0 aliphatic carbocycles. The zero-order valence-electron chi connectivity index (χ0n) is 8.20. The summed E-state index contributed by atoms with van der Waals surface area (Å²) in [5.41, 5.74) is 1.02. The SMILES string of the molecule is Cn1ccccc1=NC(C)(C)C. The predicted octanol–water partition coefficient (Wildman–Crippen LogP) is 1.72. The maximum Gasteiger partial charge on any atom is 0.127 e. The highest BCUT2D eigenvalue weighted by Gasteiger charge is 2.05. The van der Waals surface area contributed by atoms with Crippen LogP contribution in [0.3, 0.4) is 0 Å². The Bertz CT molecular complexity index is 315. The van der Waals surface area contributed by atoms with E-state index in [4.69, 9.17) is 0 Å². The number of hydrogen-bond acceptors (Lipinski definition) is 1. The molecule has 0 radical (unpaired) electrons. The van der Waals surface area contributed by atoms with Crippen LogP contribution in [0, 0.1) is 0 Å². The Labute approximate surface area is 73.6 Å². The highest BCUT2D eigenvalue weighted by atomic mass is 15.0. The summed E-state index contributed by atoms with van der Waals surface area (Å²) in [5, 5.41) is 0. The minimum Gasteiger partial charge on any atom is -0.336 e. The molecule has 2 nitrogen and oxygen atoms in total. The van der Waals surface area contributed by atoms with E-state index in [0.717, 1.165) is 5.49 Å². The van der Waals surface area contributed by atoms with Crippen LogP contribution < -0.4 is 5.49 Å². The van der Waals surface area contributed by atoms with Crippen molar-refractivity contribution in [1.82, 2.24) is 4.57 Å². The number of pyridine rings is 1. The number of hydrogen-bond donors (Lipinski definition) is 0. The molecule has 0 bridgehead atoms. The van der Waals surface area contributed by atoms with Gasteiger partial charge in [0.05, 0.1) is 5.54 Å². The average molecular weight is 164 g/mol. The van der Waals surface area contributed by atoms with Gasteiger partial charge < -0.3 is 4.57 Å². The van der Waals surface area contributed by atoms with Crippen molar-refractivity contribution in [1.29, 1.82) is 0 Å². The highest BCUT2D eigenvalue weighted by molar-refractivity contribution is 4.93. The molecule has 0 atom stereocenters. The molecule has 0 aliphatic heterocycles. The molecule has 1 heterocycles. The molecular formula is C10H16N2. The van der Waals surface area contributed by atoms with Gasteiger partial charge in [-0.25, -0.2) is 0 Å². The first-order chi connectivity index (χ1) is 5.49. The second-order valence-electron chi connectivity index (χ2n) is 3.95. The third-order valence-electron chi connectivity index (χ3n) is 1.48. The maximum atomic E-state index is 4.55. The van der Waals surface area contributed by atoms with Crippen molar-refractivity contribution >= 4 is 0 Å². The Morgan fingerprint density at radius 2 is 1.92 bits per heavy atom. The molecule has 0 saturated heterocycles. The van der Waals surface area contributed by atoms with E-state index >= 15 is 0 Å². The lowest BCUT2D eigenvalue weighted by molar-refractivity contribution is 0.551. The molecule has 2 heteroatoms. The lowest BCUT2D eigenvalue weighted by atomic mass is 10.1. The van der Waals surface area contributed by atoms with Crippen LogP contribution in [0.15, 0.2) is 29.4 Å². The Balaban J connectivity index is 3.20. The molecule has 0 saturated carbocycles. The zero-order valence-corrected chi connectivity index (χ0v) is 8.20. The zero-order chi connectivity index (χ0) is 9.19. The summed E-state index contributed by atoms with van der Waals surface area (Å²) in [6, 6.07) is 6.03. The van der Waals surface area contributed by atoms with Gasteiger partial charge in [0.1, 0.15) is 5.49 Å². The third kappa shape index (κ3) is 2.53. The molecule has 0 fully saturated rings. The largest absolute Gasteiger partial charge is 0.336 e. The molecular weight excluding hydrogens is 148 g/mol. The molecule has 0 unspecified atom stereocenters. The van der Waals surface area contributed by atoms with E-state index in [2.05, 4.69) is 25.8 Å². The van der Waals surface area contributed by atoms with Crippen LogP contribution in [-0.4, -0.2) is 10.1 Å². The van der Waals surface area contributed by atoms with Gasteiger partial charge in [-0.1, -0.05) is 6.07 Å². The van der Waals surface area contributed by atoms with Gasteiger partial charge >= 0.3 is 0 Å². The molecule has 0 N–H and O–H groups in total. The average Bonchev–Trinajstić information content (AvgIpc) is 1.91. The molecule has 0 amide bonds. The first kappa shape index (κ1) is 9.04. The van der Waals surface area contributed by atoms with Crippen molar-refractivity contribution < 1.29 is 0 Å². The fourth-order valence-corrected chi connectivity index (χ4v) is 0.974. The van der Waals surface area contributed by atoms with Crippen LogP contribution in [0.25, 0.3) is 0 Å². The van der Waals surface area contributed by atoms with Crippen LogP contribution in [0.2, 0.25) is 0 Å². The summed E-state index contributed by atoms with van der Waals surface area (Å²) < 4.78 is 2.02. The van der Waals surface area contributed by atoms with Gasteiger partial charge in [0.2, 0.25) is 0 Å². The summed E-state index contributed by atoms with van der Waals surface area (Å²) in [6.45, 7) is 6.29. The third-order valence-corrected chi connectivity index (χ3v) is 1.48. The van der Waals surface area contributed by atoms with Gasteiger partial charge in [-0.2, -0.15) is 0 Å². The summed E-state index contributed by atoms with van der Waals surface area (Å²) in [7, 11) is 2.00. The van der Waals surface area contributed by atoms with Gasteiger partial charge in [0, 0.05) is 13.2 Å². The quantitative estimate of drug-likeness (QED) is 0.555. The summed E-state index contributed by atoms with van der Waals surface area (Å²) >= 11 is 0. The fourth-order valence-electron chi connectivity index (χ4n) is 0.974. The van der Waals surface area contributed by atoms with Gasteiger partial charge in [0.25, 0.3) is 0 Å². The lowest BCUT2D eigenvalue weighted by Crippen LogP contribution is -2.23. The van der Waals surface area contributed by atoms with Crippen molar-refractivity contribution in [3.8, 4) is 0 Å². The topological polar surface area (TPSA) is 17.3 Å². The standard InChI is InChI=1S/C10H16N2/c1-10(2,3)11-9-7-5-6-8-12(9)4/h5-8H,1-4H3. The van der Waals surface area contributed by atoms with Crippen LogP contribution >= 0.6 is 0 Å².